The highest BCUT2D eigenvalue weighted by atomic mass is 14.9. The summed E-state index contributed by atoms with van der Waals surface area (Å²) < 4.78 is 1.86. The predicted molar refractivity (Wildman–Crippen MR) is 81.2 cm³/mol. The Labute approximate surface area is 120 Å². The van der Waals surface area contributed by atoms with Crippen LogP contribution in [0.3, 0.4) is 0 Å². The summed E-state index contributed by atoms with van der Waals surface area (Å²) in [5.41, 5.74) is 4.49. The van der Waals surface area contributed by atoms with Gasteiger partial charge in [0.1, 0.15) is 11.8 Å². The van der Waals surface area contributed by atoms with Gasteiger partial charge in [0.25, 0.3) is 0 Å². The third kappa shape index (κ3) is 3.28. The molecule has 0 radical (unpaired) electrons. The fourth-order valence-electron chi connectivity index (χ4n) is 2.27. The van der Waals surface area contributed by atoms with E-state index >= 15 is 0 Å². The Morgan fingerprint density at radius 1 is 1.25 bits per heavy atom. The highest BCUT2D eigenvalue weighted by Gasteiger charge is 2.07. The topological polar surface area (TPSA) is 40.8 Å². The van der Waals surface area contributed by atoms with Crippen molar-refractivity contribution in [2.75, 3.05) is 0 Å². The van der Waals surface area contributed by atoms with Gasteiger partial charge in [-0.05, 0) is 36.1 Å². The van der Waals surface area contributed by atoms with Gasteiger partial charge >= 0.3 is 0 Å². The molecule has 0 saturated heterocycles. The smallest absolute Gasteiger partial charge is 0.120 e. The van der Waals surface area contributed by atoms with Gasteiger partial charge in [0, 0.05) is 25.8 Å². The minimum Gasteiger partial charge on any atom is -0.342 e. The Hall–Kier alpha value is -2.05. The molecule has 1 atom stereocenters. The molecule has 1 aromatic carbocycles. The van der Waals surface area contributed by atoms with Crippen LogP contribution in [-0.2, 0) is 20.0 Å². The van der Waals surface area contributed by atoms with Crippen molar-refractivity contribution in [3.63, 3.8) is 0 Å². The van der Waals surface area contributed by atoms with Crippen LogP contribution in [0.5, 0.6) is 0 Å². The molecule has 104 valence electrons. The summed E-state index contributed by atoms with van der Waals surface area (Å²) in [7, 11) is 1.90. The molecule has 0 bridgehead atoms. The van der Waals surface area contributed by atoms with E-state index in [-0.39, 0.29) is 0 Å². The van der Waals surface area contributed by atoms with E-state index in [1.165, 1.54) is 11.1 Å². The number of aryl methyl sites for hydroxylation is 2. The van der Waals surface area contributed by atoms with Crippen molar-refractivity contribution in [1.29, 1.82) is 5.26 Å². The van der Waals surface area contributed by atoms with Gasteiger partial charge in [-0.3, -0.25) is 0 Å². The molecule has 0 aliphatic heterocycles. The Kier molecular flexibility index (Phi) is 4.60. The lowest BCUT2D eigenvalue weighted by atomic mass is 10.0. The zero-order valence-electron chi connectivity index (χ0n) is 12.4. The largest absolute Gasteiger partial charge is 0.342 e. The van der Waals surface area contributed by atoms with Crippen molar-refractivity contribution in [2.24, 2.45) is 7.05 Å². The summed E-state index contributed by atoms with van der Waals surface area (Å²) in [4.78, 5) is 0. The van der Waals surface area contributed by atoms with Gasteiger partial charge in [0.05, 0.1) is 0 Å². The highest BCUT2D eigenvalue weighted by molar-refractivity contribution is 5.29. The molecule has 3 heteroatoms. The van der Waals surface area contributed by atoms with E-state index in [1.54, 1.807) is 0 Å². The third-order valence-corrected chi connectivity index (χ3v) is 3.68. The molecule has 20 heavy (non-hydrogen) atoms. The Bertz CT molecular complexity index is 602. The van der Waals surface area contributed by atoms with Gasteiger partial charge in [-0.2, -0.15) is 5.26 Å². The van der Waals surface area contributed by atoms with Crippen LogP contribution < -0.4 is 5.32 Å². The maximum Gasteiger partial charge on any atom is 0.120 e. The van der Waals surface area contributed by atoms with E-state index < -0.39 is 0 Å². The second-order valence-electron chi connectivity index (χ2n) is 5.15. The first-order chi connectivity index (χ1) is 9.63. The fourth-order valence-corrected chi connectivity index (χ4v) is 2.27. The molecule has 1 N–H and O–H groups in total. The lowest BCUT2D eigenvalue weighted by molar-refractivity contribution is 0.574. The maximum absolute atomic E-state index is 8.95. The quantitative estimate of drug-likeness (QED) is 0.903. The van der Waals surface area contributed by atoms with Crippen LogP contribution in [0.15, 0.2) is 36.5 Å². The second kappa shape index (κ2) is 6.40. The Morgan fingerprint density at radius 3 is 2.50 bits per heavy atom. The Balaban J connectivity index is 1.97. The minimum absolute atomic E-state index is 0.298. The Morgan fingerprint density at radius 2 is 1.95 bits per heavy atom. The summed E-state index contributed by atoms with van der Waals surface area (Å²) in [5, 5.41) is 12.4. The molecule has 1 aromatic heterocycles. The van der Waals surface area contributed by atoms with Crippen molar-refractivity contribution in [3.05, 3.63) is 58.9 Å². The standard InChI is InChI=1S/C17H21N3/c1-4-14-5-7-16(8-6-14)13(2)19-11-15-9-17(10-18)20(3)12-15/h5-9,12-13,19H,4,11H2,1-3H3. The average molecular weight is 267 g/mol. The predicted octanol–water partition coefficient (Wildman–Crippen LogP) is 3.31. The van der Waals surface area contributed by atoms with Crippen molar-refractivity contribution in [3.8, 4) is 6.07 Å². The highest BCUT2D eigenvalue weighted by Crippen LogP contribution is 2.15. The SMILES string of the molecule is CCc1ccc(C(C)NCc2cc(C#N)n(C)c2)cc1. The normalized spacial score (nSPS) is 12.1. The van der Waals surface area contributed by atoms with Crippen LogP contribution in [0.4, 0.5) is 0 Å². The molecule has 0 saturated carbocycles. The lowest BCUT2D eigenvalue weighted by Crippen LogP contribution is -2.17. The first-order valence-electron chi connectivity index (χ1n) is 7.01. The number of benzene rings is 1. The number of hydrogen-bond donors (Lipinski definition) is 1. The van der Waals surface area contributed by atoms with Crippen LogP contribution >= 0.6 is 0 Å². The molecule has 1 heterocycles. The summed E-state index contributed by atoms with van der Waals surface area (Å²) >= 11 is 0. The van der Waals surface area contributed by atoms with Gasteiger partial charge in [0.2, 0.25) is 0 Å². The monoisotopic (exact) mass is 267 g/mol. The molecule has 2 aromatic rings. The number of nitrogens with zero attached hydrogens (tertiary/aromatic N) is 2. The van der Waals surface area contributed by atoms with E-state index in [9.17, 15) is 0 Å². The number of aromatic nitrogens is 1. The number of nitrogens with one attached hydrogen (secondary N) is 1. The summed E-state index contributed by atoms with van der Waals surface area (Å²) in [5.74, 6) is 0. The van der Waals surface area contributed by atoms with Gasteiger partial charge < -0.3 is 9.88 Å². The molecular weight excluding hydrogens is 246 g/mol. The molecule has 0 spiro atoms. The number of nitriles is 1. The number of hydrogen-bond acceptors (Lipinski definition) is 2. The molecule has 1 unspecified atom stereocenters. The zero-order chi connectivity index (χ0) is 14.5. The molecule has 0 amide bonds. The van der Waals surface area contributed by atoms with Gasteiger partial charge in [-0.1, -0.05) is 31.2 Å². The molecular formula is C17H21N3. The van der Waals surface area contributed by atoms with Crippen LogP contribution in [0, 0.1) is 11.3 Å². The van der Waals surface area contributed by atoms with Crippen LogP contribution in [0.1, 0.15) is 42.3 Å². The summed E-state index contributed by atoms with van der Waals surface area (Å²) in [6, 6.07) is 13.1. The van der Waals surface area contributed by atoms with Crippen molar-refractivity contribution >= 4 is 0 Å². The molecule has 0 aliphatic carbocycles. The van der Waals surface area contributed by atoms with Crippen molar-refractivity contribution in [1.82, 2.24) is 9.88 Å². The van der Waals surface area contributed by atoms with Gasteiger partial charge in [-0.25, -0.2) is 0 Å². The second-order valence-corrected chi connectivity index (χ2v) is 5.15. The lowest BCUT2D eigenvalue weighted by Gasteiger charge is -2.14. The third-order valence-electron chi connectivity index (χ3n) is 3.68. The van der Waals surface area contributed by atoms with Gasteiger partial charge in [-0.15, -0.1) is 0 Å². The van der Waals surface area contributed by atoms with E-state index in [0.717, 1.165) is 18.5 Å². The van der Waals surface area contributed by atoms with E-state index in [4.69, 9.17) is 5.26 Å². The average Bonchev–Trinajstić information content (AvgIpc) is 2.85. The van der Waals surface area contributed by atoms with Crippen LogP contribution in [0.2, 0.25) is 0 Å². The van der Waals surface area contributed by atoms with Crippen LogP contribution in [-0.4, -0.2) is 4.57 Å². The summed E-state index contributed by atoms with van der Waals surface area (Å²) in [6.45, 7) is 5.10. The molecule has 3 nitrogen and oxygen atoms in total. The van der Waals surface area contributed by atoms with E-state index in [0.29, 0.717) is 11.7 Å². The first-order valence-corrected chi connectivity index (χ1v) is 7.01. The minimum atomic E-state index is 0.298. The van der Waals surface area contributed by atoms with E-state index in [1.807, 2.05) is 23.9 Å². The molecule has 2 rings (SSSR count). The van der Waals surface area contributed by atoms with Crippen LogP contribution in [0.25, 0.3) is 0 Å². The fraction of sp³-hybridized carbons (Fsp3) is 0.353. The van der Waals surface area contributed by atoms with Crippen molar-refractivity contribution in [2.45, 2.75) is 32.9 Å². The first kappa shape index (κ1) is 14.4. The maximum atomic E-state index is 8.95. The molecule has 0 aliphatic rings. The molecule has 0 fully saturated rings. The zero-order valence-corrected chi connectivity index (χ0v) is 12.4. The number of rotatable bonds is 5. The van der Waals surface area contributed by atoms with Crippen molar-refractivity contribution < 1.29 is 0 Å². The van der Waals surface area contributed by atoms with E-state index in [2.05, 4.69) is 49.5 Å². The van der Waals surface area contributed by atoms with Gasteiger partial charge in [0.15, 0.2) is 0 Å². The summed E-state index contributed by atoms with van der Waals surface area (Å²) in [6.07, 6.45) is 3.07.